The Morgan fingerprint density at radius 1 is 0.800 bits per heavy atom. The van der Waals surface area contributed by atoms with Crippen molar-refractivity contribution in [2.24, 2.45) is 15.7 Å². The minimum absolute atomic E-state index is 0.139. The molecule has 1 aromatic carbocycles. The fraction of sp³-hybridized carbons (Fsp3) is 0.629. The molecule has 50 heavy (non-hydrogen) atoms. The lowest BCUT2D eigenvalue weighted by Crippen LogP contribution is -2.30. The van der Waals surface area contributed by atoms with E-state index in [1.807, 2.05) is 93.6 Å². The molecular formula is C35H56N8O3S4. The monoisotopic (exact) mass is 764 g/mol. The maximum absolute atomic E-state index is 12.6. The van der Waals surface area contributed by atoms with Crippen LogP contribution in [0.1, 0.15) is 125 Å². The van der Waals surface area contributed by atoms with Crippen molar-refractivity contribution in [2.75, 3.05) is 46.3 Å². The van der Waals surface area contributed by atoms with Crippen molar-refractivity contribution in [1.29, 1.82) is 0 Å². The van der Waals surface area contributed by atoms with Crippen LogP contribution in [0.25, 0.3) is 0 Å². The summed E-state index contributed by atoms with van der Waals surface area (Å²) in [5, 5.41) is 13.0. The smallest absolute Gasteiger partial charge is 0.251 e. The van der Waals surface area contributed by atoms with E-state index in [-0.39, 0.29) is 29.8 Å². The molecule has 3 N–H and O–H groups in total. The first-order chi connectivity index (χ1) is 24.3. The third-order valence-corrected chi connectivity index (χ3v) is 11.4. The second-order valence-electron chi connectivity index (χ2n) is 11.8. The van der Waals surface area contributed by atoms with Crippen LogP contribution in [0.3, 0.4) is 0 Å². The number of thioether (sulfide) groups is 4. The molecule has 3 aromatic rings. The highest BCUT2D eigenvalue weighted by Crippen LogP contribution is 2.23. The van der Waals surface area contributed by atoms with Gasteiger partial charge >= 0.3 is 0 Å². The van der Waals surface area contributed by atoms with Gasteiger partial charge in [-0.3, -0.25) is 14.8 Å². The molecule has 2 atom stereocenters. The van der Waals surface area contributed by atoms with Crippen molar-refractivity contribution in [3.05, 3.63) is 59.3 Å². The highest BCUT2D eigenvalue weighted by Gasteiger charge is 2.23. The van der Waals surface area contributed by atoms with Crippen LogP contribution in [-0.4, -0.2) is 84.9 Å². The topological polar surface area (TPSA) is 158 Å². The molecule has 2 heterocycles. The predicted molar refractivity (Wildman–Crippen MR) is 216 cm³/mol. The molecule has 0 fully saturated rings. The van der Waals surface area contributed by atoms with Gasteiger partial charge in [-0.05, 0) is 61.8 Å². The number of amides is 1. The highest BCUT2D eigenvalue weighted by atomic mass is 32.2. The van der Waals surface area contributed by atoms with Crippen molar-refractivity contribution in [3.8, 4) is 0 Å². The Morgan fingerprint density at radius 3 is 1.84 bits per heavy atom. The second-order valence-corrected chi connectivity index (χ2v) is 16.8. The zero-order chi connectivity index (χ0) is 36.4. The van der Waals surface area contributed by atoms with E-state index < -0.39 is 0 Å². The van der Waals surface area contributed by atoms with E-state index in [0.717, 1.165) is 72.0 Å². The first-order valence-corrected chi connectivity index (χ1v) is 21.9. The SMILES string of the molecule is CCCN=CCCSCSC[C@H](N)c1nc(C(C)C)no1.CCCN=CCCSCSC[C@H](NC(=O)c1ccccc1)c1nc(C(C)C)no1. The summed E-state index contributed by atoms with van der Waals surface area (Å²) in [6, 6.07) is 8.68. The van der Waals surface area contributed by atoms with Crippen molar-refractivity contribution in [3.63, 3.8) is 0 Å². The Hall–Kier alpha value is -2.33. The normalized spacial score (nSPS) is 12.9. The Morgan fingerprint density at radius 2 is 1.32 bits per heavy atom. The third kappa shape index (κ3) is 18.8. The molecule has 0 aliphatic carbocycles. The quantitative estimate of drug-likeness (QED) is 0.0510. The molecule has 0 aliphatic heterocycles. The lowest BCUT2D eigenvalue weighted by molar-refractivity contribution is 0.0933. The number of nitrogens with one attached hydrogen (secondary N) is 1. The van der Waals surface area contributed by atoms with Crippen molar-refractivity contribution in [1.82, 2.24) is 25.6 Å². The van der Waals surface area contributed by atoms with Gasteiger partial charge in [-0.2, -0.15) is 33.5 Å². The summed E-state index contributed by atoms with van der Waals surface area (Å²) in [6.45, 7) is 14.2. The number of carbonyl (C=O) groups is 1. The van der Waals surface area contributed by atoms with E-state index in [1.165, 1.54) is 0 Å². The second kappa shape index (κ2) is 27.3. The highest BCUT2D eigenvalue weighted by molar-refractivity contribution is 8.16. The minimum Gasteiger partial charge on any atom is -0.339 e. The zero-order valence-electron chi connectivity index (χ0n) is 30.5. The first kappa shape index (κ1) is 43.8. The molecule has 0 aliphatic rings. The summed E-state index contributed by atoms with van der Waals surface area (Å²) < 4.78 is 10.6. The van der Waals surface area contributed by atoms with Gasteiger partial charge in [0, 0.05) is 52.2 Å². The van der Waals surface area contributed by atoms with Crippen molar-refractivity contribution in [2.45, 2.75) is 91.1 Å². The molecule has 0 unspecified atom stereocenters. The van der Waals surface area contributed by atoms with Crippen LogP contribution in [0.4, 0.5) is 0 Å². The standard InChI is InChI=1S/C21H30N4O2S2.C14H26N4OS2/c1-4-11-22-12-8-13-28-15-29-14-18(21-24-19(16(2)3)25-27-21)23-20(26)17-9-6-5-7-10-17;1-4-6-16-7-5-8-20-10-21-9-12(15)14-17-13(11(2)3)18-19-14/h5-7,9-10,12,16,18H,4,8,11,13-15H2,1-3H3,(H,23,26);7,11-12H,4-6,8-10,15H2,1-3H3/t18-;12-/m00/s1. The first-order valence-electron chi connectivity index (χ1n) is 17.3. The number of aromatic nitrogens is 4. The Bertz CT molecular complexity index is 1350. The molecule has 15 heteroatoms. The molecule has 11 nitrogen and oxygen atoms in total. The van der Waals surface area contributed by atoms with E-state index in [0.29, 0.717) is 28.9 Å². The number of nitrogens with zero attached hydrogens (tertiary/aromatic N) is 6. The maximum atomic E-state index is 12.6. The van der Waals surface area contributed by atoms with Crippen LogP contribution in [0.15, 0.2) is 49.4 Å². The van der Waals surface area contributed by atoms with Crippen LogP contribution in [-0.2, 0) is 0 Å². The van der Waals surface area contributed by atoms with Gasteiger partial charge in [-0.15, -0.1) is 23.5 Å². The number of aliphatic imine (C=N–C) groups is 2. The number of carbonyl (C=O) groups excluding carboxylic acids is 1. The molecule has 0 saturated carbocycles. The fourth-order valence-electron chi connectivity index (χ4n) is 3.80. The van der Waals surface area contributed by atoms with Crippen LogP contribution in [0, 0.1) is 0 Å². The molecule has 278 valence electrons. The lowest BCUT2D eigenvalue weighted by Gasteiger charge is -2.15. The van der Waals surface area contributed by atoms with Gasteiger partial charge < -0.3 is 20.1 Å². The molecule has 0 radical (unpaired) electrons. The van der Waals surface area contributed by atoms with Crippen molar-refractivity contribution < 1.29 is 13.8 Å². The van der Waals surface area contributed by atoms with E-state index >= 15 is 0 Å². The van der Waals surface area contributed by atoms with Crippen LogP contribution in [0.2, 0.25) is 0 Å². The third-order valence-electron chi connectivity index (χ3n) is 6.57. The predicted octanol–water partition coefficient (Wildman–Crippen LogP) is 8.45. The zero-order valence-corrected chi connectivity index (χ0v) is 33.7. The van der Waals surface area contributed by atoms with Gasteiger partial charge in [-0.1, -0.05) is 70.1 Å². The Labute approximate surface area is 315 Å². The summed E-state index contributed by atoms with van der Waals surface area (Å²) in [7, 11) is 0. The van der Waals surface area contributed by atoms with Crippen LogP contribution in [0.5, 0.6) is 0 Å². The molecule has 3 rings (SSSR count). The largest absolute Gasteiger partial charge is 0.339 e. The summed E-state index contributed by atoms with van der Waals surface area (Å²) in [5.74, 6) is 6.32. The number of hydrogen-bond acceptors (Lipinski definition) is 14. The summed E-state index contributed by atoms with van der Waals surface area (Å²) >= 11 is 7.34. The number of nitrogens with two attached hydrogens (primary N) is 1. The van der Waals surface area contributed by atoms with Gasteiger partial charge in [0.05, 0.1) is 6.04 Å². The van der Waals surface area contributed by atoms with E-state index in [2.05, 4.69) is 49.4 Å². The Balaban J connectivity index is 0.000000366. The summed E-state index contributed by atoms with van der Waals surface area (Å²) in [5.41, 5.74) is 6.67. The number of hydrogen-bond donors (Lipinski definition) is 2. The van der Waals surface area contributed by atoms with Gasteiger partial charge in [0.25, 0.3) is 5.91 Å². The Kier molecular flexibility index (Phi) is 24.0. The van der Waals surface area contributed by atoms with Crippen molar-refractivity contribution >= 4 is 65.4 Å². The van der Waals surface area contributed by atoms with Gasteiger partial charge in [-0.25, -0.2) is 0 Å². The summed E-state index contributed by atoms with van der Waals surface area (Å²) in [4.78, 5) is 30.0. The fourth-order valence-corrected chi connectivity index (χ4v) is 7.86. The average Bonchev–Trinajstić information content (AvgIpc) is 3.82. The van der Waals surface area contributed by atoms with E-state index in [4.69, 9.17) is 14.8 Å². The summed E-state index contributed by atoms with van der Waals surface area (Å²) in [6.07, 6.45) is 8.27. The van der Waals surface area contributed by atoms with E-state index in [9.17, 15) is 4.79 Å². The minimum atomic E-state index is -0.320. The van der Waals surface area contributed by atoms with E-state index in [1.54, 1.807) is 23.9 Å². The molecule has 0 bridgehead atoms. The molecule has 1 amide bonds. The molecule has 2 aromatic heterocycles. The molecule has 0 saturated heterocycles. The van der Waals surface area contributed by atoms with Crippen LogP contribution < -0.4 is 11.1 Å². The van der Waals surface area contributed by atoms with Gasteiger partial charge in [0.2, 0.25) is 11.8 Å². The molecular weight excluding hydrogens is 709 g/mol. The number of benzene rings is 1. The maximum Gasteiger partial charge on any atom is 0.251 e. The van der Waals surface area contributed by atoms with Gasteiger partial charge in [0.15, 0.2) is 11.6 Å². The van der Waals surface area contributed by atoms with Crippen LogP contribution >= 0.6 is 47.0 Å². The lowest BCUT2D eigenvalue weighted by atomic mass is 10.2. The number of rotatable bonds is 24. The van der Waals surface area contributed by atoms with Gasteiger partial charge in [0.1, 0.15) is 6.04 Å². The average molecular weight is 765 g/mol. The molecule has 0 spiro atoms.